The molecular formula is C10H20N2O3S. The first-order valence-corrected chi connectivity index (χ1v) is 7.51. The maximum Gasteiger partial charge on any atom is 0.238 e. The van der Waals surface area contributed by atoms with Crippen LogP contribution in [0.25, 0.3) is 0 Å². The molecule has 0 heterocycles. The minimum absolute atomic E-state index is 0.0432. The molecule has 0 aromatic carbocycles. The second kappa shape index (κ2) is 5.14. The smallest absolute Gasteiger partial charge is 0.238 e. The number of carbonyl (C=O) groups excluding carboxylic acids is 1. The van der Waals surface area contributed by atoms with E-state index in [0.29, 0.717) is 6.54 Å². The predicted molar refractivity (Wildman–Crippen MR) is 62.6 cm³/mol. The van der Waals surface area contributed by atoms with Crippen LogP contribution in [-0.2, 0) is 14.6 Å². The summed E-state index contributed by atoms with van der Waals surface area (Å²) in [7, 11) is -3.31. The Morgan fingerprint density at radius 3 is 2.62 bits per heavy atom. The van der Waals surface area contributed by atoms with Gasteiger partial charge in [0.05, 0.1) is 0 Å². The van der Waals surface area contributed by atoms with Gasteiger partial charge >= 0.3 is 0 Å². The monoisotopic (exact) mass is 248 g/mol. The van der Waals surface area contributed by atoms with Gasteiger partial charge in [0.15, 0.2) is 9.84 Å². The van der Waals surface area contributed by atoms with E-state index in [-0.39, 0.29) is 12.0 Å². The second-order valence-corrected chi connectivity index (χ2v) is 6.88. The maximum atomic E-state index is 11.7. The zero-order valence-corrected chi connectivity index (χ0v) is 10.6. The van der Waals surface area contributed by atoms with E-state index in [1.165, 1.54) is 6.92 Å². The van der Waals surface area contributed by atoms with Crippen LogP contribution in [0.3, 0.4) is 0 Å². The Morgan fingerprint density at radius 1 is 1.50 bits per heavy atom. The fourth-order valence-corrected chi connectivity index (χ4v) is 2.46. The molecule has 5 nitrogen and oxygen atoms in total. The number of nitrogens with one attached hydrogen (secondary N) is 1. The molecule has 0 aromatic rings. The van der Waals surface area contributed by atoms with Gasteiger partial charge in [-0.15, -0.1) is 0 Å². The maximum absolute atomic E-state index is 11.7. The SMILES string of the molecule is CC(C(=O)NC1CCCC1CN)S(C)(=O)=O. The van der Waals surface area contributed by atoms with Gasteiger partial charge in [0, 0.05) is 12.3 Å². The fraction of sp³-hybridized carbons (Fsp3) is 0.900. The van der Waals surface area contributed by atoms with E-state index < -0.39 is 21.0 Å². The quantitative estimate of drug-likeness (QED) is 0.712. The van der Waals surface area contributed by atoms with Crippen molar-refractivity contribution in [2.45, 2.75) is 37.5 Å². The van der Waals surface area contributed by atoms with Crippen molar-refractivity contribution in [3.05, 3.63) is 0 Å². The Kier molecular flexibility index (Phi) is 4.32. The Bertz CT molecular complexity index is 353. The highest BCUT2D eigenvalue weighted by molar-refractivity contribution is 7.92. The first-order chi connectivity index (χ1) is 7.36. The van der Waals surface area contributed by atoms with Gasteiger partial charge in [-0.05, 0) is 32.2 Å². The standard InChI is InChI=1S/C10H20N2O3S/c1-7(16(2,14)15)10(13)12-9-5-3-4-8(9)6-11/h7-9H,3-6,11H2,1-2H3,(H,12,13). The summed E-state index contributed by atoms with van der Waals surface area (Å²) in [5, 5.41) is 1.81. The third-order valence-corrected chi connectivity index (χ3v) is 4.80. The van der Waals surface area contributed by atoms with E-state index in [9.17, 15) is 13.2 Å². The van der Waals surface area contributed by atoms with Gasteiger partial charge in [0.2, 0.25) is 5.91 Å². The minimum Gasteiger partial charge on any atom is -0.352 e. The van der Waals surface area contributed by atoms with Gasteiger partial charge < -0.3 is 11.1 Å². The average molecular weight is 248 g/mol. The molecule has 1 rings (SSSR count). The Morgan fingerprint density at radius 2 is 2.12 bits per heavy atom. The van der Waals surface area contributed by atoms with Crippen molar-refractivity contribution >= 4 is 15.7 Å². The molecule has 3 N–H and O–H groups in total. The third-order valence-electron chi connectivity index (χ3n) is 3.30. The van der Waals surface area contributed by atoms with E-state index >= 15 is 0 Å². The lowest BCUT2D eigenvalue weighted by atomic mass is 10.0. The van der Waals surface area contributed by atoms with Crippen molar-refractivity contribution in [2.75, 3.05) is 12.8 Å². The summed E-state index contributed by atoms with van der Waals surface area (Å²) in [5.41, 5.74) is 5.59. The first-order valence-electron chi connectivity index (χ1n) is 5.55. The summed E-state index contributed by atoms with van der Waals surface area (Å²) in [4.78, 5) is 11.7. The third kappa shape index (κ3) is 3.18. The predicted octanol–water partition coefficient (Wildman–Crippen LogP) is -0.337. The van der Waals surface area contributed by atoms with Crippen LogP contribution in [0, 0.1) is 5.92 Å². The van der Waals surface area contributed by atoms with Crippen LogP contribution in [0.2, 0.25) is 0 Å². The fourth-order valence-electron chi connectivity index (χ4n) is 2.00. The van der Waals surface area contributed by atoms with Gasteiger partial charge in [0.25, 0.3) is 0 Å². The summed E-state index contributed by atoms with van der Waals surface area (Å²) < 4.78 is 22.4. The average Bonchev–Trinajstić information content (AvgIpc) is 2.62. The van der Waals surface area contributed by atoms with Crippen molar-refractivity contribution in [3.8, 4) is 0 Å². The van der Waals surface area contributed by atoms with Crippen molar-refractivity contribution in [2.24, 2.45) is 11.7 Å². The molecule has 0 bridgehead atoms. The molecule has 16 heavy (non-hydrogen) atoms. The van der Waals surface area contributed by atoms with Gasteiger partial charge in [0.1, 0.15) is 5.25 Å². The molecule has 0 aliphatic heterocycles. The van der Waals surface area contributed by atoms with Gasteiger partial charge in [-0.1, -0.05) is 6.42 Å². The van der Waals surface area contributed by atoms with Crippen LogP contribution >= 0.6 is 0 Å². The number of sulfone groups is 1. The molecule has 6 heteroatoms. The van der Waals surface area contributed by atoms with E-state index in [0.717, 1.165) is 25.5 Å². The Hall–Kier alpha value is -0.620. The van der Waals surface area contributed by atoms with Crippen molar-refractivity contribution in [3.63, 3.8) is 0 Å². The number of hydrogen-bond donors (Lipinski definition) is 2. The Balaban J connectivity index is 2.58. The molecular weight excluding hydrogens is 228 g/mol. The summed E-state index contributed by atoms with van der Waals surface area (Å²) in [5.74, 6) is -0.122. The lowest BCUT2D eigenvalue weighted by molar-refractivity contribution is -0.121. The molecule has 1 amide bonds. The van der Waals surface area contributed by atoms with Crippen LogP contribution in [-0.4, -0.2) is 38.4 Å². The van der Waals surface area contributed by atoms with E-state index in [2.05, 4.69) is 5.32 Å². The van der Waals surface area contributed by atoms with Crippen molar-refractivity contribution in [1.82, 2.24) is 5.32 Å². The normalized spacial score (nSPS) is 27.7. The number of nitrogens with two attached hydrogens (primary N) is 1. The lowest BCUT2D eigenvalue weighted by Crippen LogP contribution is -2.45. The highest BCUT2D eigenvalue weighted by Crippen LogP contribution is 2.24. The zero-order chi connectivity index (χ0) is 12.3. The van der Waals surface area contributed by atoms with Crippen molar-refractivity contribution < 1.29 is 13.2 Å². The zero-order valence-electron chi connectivity index (χ0n) is 9.77. The van der Waals surface area contributed by atoms with E-state index in [1.807, 2.05) is 0 Å². The topological polar surface area (TPSA) is 89.3 Å². The Labute approximate surface area is 96.7 Å². The molecule has 3 unspecified atom stereocenters. The largest absolute Gasteiger partial charge is 0.352 e. The molecule has 1 aliphatic rings. The van der Waals surface area contributed by atoms with Gasteiger partial charge in [-0.25, -0.2) is 8.42 Å². The molecule has 1 fully saturated rings. The van der Waals surface area contributed by atoms with Crippen LogP contribution in [0.15, 0.2) is 0 Å². The highest BCUT2D eigenvalue weighted by atomic mass is 32.2. The molecule has 0 aromatic heterocycles. The van der Waals surface area contributed by atoms with Crippen LogP contribution in [0.4, 0.5) is 0 Å². The number of amides is 1. The minimum atomic E-state index is -3.31. The molecule has 0 radical (unpaired) electrons. The summed E-state index contributed by atoms with van der Waals surface area (Å²) in [6.45, 7) is 1.95. The van der Waals surface area contributed by atoms with E-state index in [4.69, 9.17) is 5.73 Å². The molecule has 94 valence electrons. The van der Waals surface area contributed by atoms with Crippen LogP contribution in [0.5, 0.6) is 0 Å². The highest BCUT2D eigenvalue weighted by Gasteiger charge is 2.31. The molecule has 1 aliphatic carbocycles. The molecule has 0 saturated heterocycles. The number of carbonyl (C=O) groups is 1. The number of rotatable bonds is 4. The van der Waals surface area contributed by atoms with Crippen LogP contribution < -0.4 is 11.1 Å². The van der Waals surface area contributed by atoms with Gasteiger partial charge in [-0.3, -0.25) is 4.79 Å². The molecule has 3 atom stereocenters. The van der Waals surface area contributed by atoms with Crippen molar-refractivity contribution in [1.29, 1.82) is 0 Å². The van der Waals surface area contributed by atoms with Gasteiger partial charge in [-0.2, -0.15) is 0 Å². The summed E-state index contributed by atoms with van der Waals surface area (Å²) in [6.07, 6.45) is 4.02. The molecule has 1 saturated carbocycles. The lowest BCUT2D eigenvalue weighted by Gasteiger charge is -2.21. The first kappa shape index (κ1) is 13.4. The summed E-state index contributed by atoms with van der Waals surface area (Å²) in [6, 6.07) is 0.0432. The summed E-state index contributed by atoms with van der Waals surface area (Å²) >= 11 is 0. The van der Waals surface area contributed by atoms with E-state index in [1.54, 1.807) is 0 Å². The second-order valence-electron chi connectivity index (χ2n) is 4.51. The number of hydrogen-bond acceptors (Lipinski definition) is 4. The van der Waals surface area contributed by atoms with Crippen LogP contribution in [0.1, 0.15) is 26.2 Å². The molecule has 0 spiro atoms.